The van der Waals surface area contributed by atoms with Crippen LogP contribution >= 0.6 is 19.6 Å². The molecule has 0 aromatic carbocycles. The summed E-state index contributed by atoms with van der Waals surface area (Å²) in [5.41, 5.74) is 6.24. The lowest BCUT2D eigenvalue weighted by Crippen LogP contribution is -2.40. The van der Waals surface area contributed by atoms with E-state index in [1.54, 1.807) is 12.2 Å². The number of hydrogen-bond donors (Lipinski definition) is 4. The maximum absolute atomic E-state index is 13.3. The van der Waals surface area contributed by atoms with Crippen molar-refractivity contribution in [2.75, 3.05) is 53.3 Å². The van der Waals surface area contributed by atoms with Gasteiger partial charge in [0, 0.05) is 23.8 Å². The fourth-order valence-corrected chi connectivity index (χ4v) is 7.45. The van der Waals surface area contributed by atoms with Gasteiger partial charge in [-0.3, -0.25) is 23.4 Å². The topological polar surface area (TPSA) is 192 Å². The number of carboxylic acid groups (broad SMARTS) is 1. The van der Waals surface area contributed by atoms with Crippen molar-refractivity contribution in [1.82, 2.24) is 0 Å². The predicted octanol–water partition coefficient (Wildman–Crippen LogP) is 11.0. The third-order valence-electron chi connectivity index (χ3n) is 9.49. The Balaban J connectivity index is 5.32. The summed E-state index contributed by atoms with van der Waals surface area (Å²) in [5, 5.41) is 19.5. The fraction of sp³-hybridized carbons (Fsp3) is 0.566. The van der Waals surface area contributed by atoms with Gasteiger partial charge >= 0.3 is 25.7 Å². The predicted molar refractivity (Wildman–Crippen MR) is 280 cm³/mol. The standard InChI is InChI=1S/C53H85N2O11PS/c1-6-8-10-12-14-16-18-20-21-22-23-24-25-26-28-30-32-34-36-41-52(59)63-44-47(45-65-67(61,62)64-43-42-55(3,4)5)66-53(60)48(54)46-68-50(49(56)38-37-40-51(57)58)39-35-33-31-29-27-19-17-15-13-11-9-7-2/h8,10,14-17,20-21,23-24,26-29,31-35,39,47-50,56H,6-7,9,11-13,18-19,22,25,30,36-38,40-46,54H2,1-5H3,(H-,57,58,61,62)/p+1/b10-8-,16-14-,17-15-,21-20-,24-23-,28-26-,29-27-,33-31+,34-32-,39-35+/t47-,48+,49+,50-/m1/s1. The van der Waals surface area contributed by atoms with Crippen LogP contribution in [0.2, 0.25) is 0 Å². The number of aliphatic hydroxyl groups is 1. The van der Waals surface area contributed by atoms with Gasteiger partial charge in [0.05, 0.1) is 33.9 Å². The van der Waals surface area contributed by atoms with Gasteiger partial charge in [-0.1, -0.05) is 148 Å². The molecule has 0 radical (unpaired) electrons. The molecule has 5 N–H and O–H groups in total. The van der Waals surface area contributed by atoms with E-state index in [1.807, 2.05) is 57.6 Å². The molecule has 0 bridgehead atoms. The lowest BCUT2D eigenvalue weighted by Gasteiger charge is -2.25. The number of nitrogens with zero attached hydrogens (tertiary/aromatic N) is 1. The molecule has 0 aliphatic rings. The molecule has 15 heteroatoms. The third-order valence-corrected chi connectivity index (χ3v) is 11.9. The number of rotatable bonds is 42. The second-order valence-electron chi connectivity index (χ2n) is 17.0. The molecule has 5 atom stereocenters. The number of unbranched alkanes of at least 4 members (excludes halogenated alkanes) is 3. The number of aliphatic hydroxyl groups excluding tert-OH is 1. The quantitative estimate of drug-likeness (QED) is 0.0113. The Hall–Kier alpha value is -3.85. The number of aliphatic carboxylic acids is 1. The summed E-state index contributed by atoms with van der Waals surface area (Å²) in [6.07, 6.45) is 50.3. The Labute approximate surface area is 413 Å². The molecule has 0 aromatic rings. The van der Waals surface area contributed by atoms with Crippen LogP contribution in [0.25, 0.3) is 0 Å². The van der Waals surface area contributed by atoms with Gasteiger partial charge in [0.2, 0.25) is 0 Å². The van der Waals surface area contributed by atoms with Crippen LogP contribution in [0.15, 0.2) is 122 Å². The van der Waals surface area contributed by atoms with E-state index in [4.69, 9.17) is 29.4 Å². The van der Waals surface area contributed by atoms with E-state index in [0.29, 0.717) is 23.9 Å². The molecule has 68 heavy (non-hydrogen) atoms. The summed E-state index contributed by atoms with van der Waals surface area (Å²) in [5.74, 6) is -2.41. The van der Waals surface area contributed by atoms with Crippen LogP contribution in [0.5, 0.6) is 0 Å². The molecule has 0 aromatic heterocycles. The van der Waals surface area contributed by atoms with Gasteiger partial charge < -0.3 is 34.8 Å². The highest BCUT2D eigenvalue weighted by Crippen LogP contribution is 2.43. The Bertz CT molecular complexity index is 1690. The maximum atomic E-state index is 13.3. The lowest BCUT2D eigenvalue weighted by atomic mass is 10.1. The summed E-state index contributed by atoms with van der Waals surface area (Å²) in [6.45, 7) is 3.58. The Morgan fingerprint density at radius 2 is 1.25 bits per heavy atom. The molecule has 1 unspecified atom stereocenters. The number of carbonyl (C=O) groups excluding carboxylic acids is 2. The number of esters is 2. The van der Waals surface area contributed by atoms with Crippen molar-refractivity contribution in [2.45, 2.75) is 140 Å². The van der Waals surface area contributed by atoms with E-state index in [-0.39, 0.29) is 38.0 Å². The molecule has 0 saturated heterocycles. The minimum Gasteiger partial charge on any atom is -0.481 e. The average Bonchev–Trinajstić information content (AvgIpc) is 3.28. The van der Waals surface area contributed by atoms with Crippen LogP contribution in [0.4, 0.5) is 0 Å². The lowest BCUT2D eigenvalue weighted by molar-refractivity contribution is -0.870. The summed E-state index contributed by atoms with van der Waals surface area (Å²) < 4.78 is 34.3. The molecule has 0 aliphatic carbocycles. The summed E-state index contributed by atoms with van der Waals surface area (Å²) in [6, 6.07) is -1.20. The number of ether oxygens (including phenoxy) is 2. The second-order valence-corrected chi connectivity index (χ2v) is 19.6. The summed E-state index contributed by atoms with van der Waals surface area (Å²) in [7, 11) is 1.12. The van der Waals surface area contributed by atoms with Gasteiger partial charge in [-0.15, -0.1) is 11.8 Å². The number of likely N-dealkylation sites (N-methyl/N-ethyl adjacent to an activating group) is 1. The number of quaternary nitrogens is 1. The van der Waals surface area contributed by atoms with Crippen LogP contribution < -0.4 is 5.73 Å². The Kier molecular flexibility index (Phi) is 40.7. The number of hydrogen-bond acceptors (Lipinski definition) is 11. The number of allylic oxidation sites excluding steroid dienone is 19. The summed E-state index contributed by atoms with van der Waals surface area (Å²) in [4.78, 5) is 47.3. The average molecular weight is 990 g/mol. The van der Waals surface area contributed by atoms with Crippen LogP contribution in [-0.4, -0.2) is 114 Å². The molecule has 13 nitrogen and oxygen atoms in total. The highest BCUT2D eigenvalue weighted by atomic mass is 32.2. The first-order chi connectivity index (χ1) is 32.6. The largest absolute Gasteiger partial charge is 0.481 e. The molecule has 0 spiro atoms. The number of thioether (sulfide) groups is 1. The first kappa shape index (κ1) is 64.2. The monoisotopic (exact) mass is 990 g/mol. The van der Waals surface area contributed by atoms with E-state index in [0.717, 1.165) is 44.9 Å². The zero-order chi connectivity index (χ0) is 50.6. The molecule has 0 amide bonds. The zero-order valence-corrected chi connectivity index (χ0v) is 43.4. The van der Waals surface area contributed by atoms with Gasteiger partial charge in [0.15, 0.2) is 6.10 Å². The van der Waals surface area contributed by atoms with Gasteiger partial charge in [-0.05, 0) is 77.0 Å². The number of phosphoric ester groups is 1. The maximum Gasteiger partial charge on any atom is 0.472 e. The number of carboxylic acids is 1. The second kappa shape index (κ2) is 43.2. The van der Waals surface area contributed by atoms with E-state index in [1.165, 1.54) is 31.0 Å². The molecular weight excluding hydrogens is 904 g/mol. The van der Waals surface area contributed by atoms with Crippen LogP contribution in [0, 0.1) is 0 Å². The van der Waals surface area contributed by atoms with Crippen molar-refractivity contribution < 1.29 is 57.1 Å². The van der Waals surface area contributed by atoms with E-state index >= 15 is 0 Å². The smallest absolute Gasteiger partial charge is 0.472 e. The van der Waals surface area contributed by atoms with E-state index in [2.05, 4.69) is 86.8 Å². The van der Waals surface area contributed by atoms with Crippen LogP contribution in [0.3, 0.4) is 0 Å². The molecule has 0 aliphatic heterocycles. The molecule has 384 valence electrons. The number of carbonyl (C=O) groups is 3. The number of phosphoric acid groups is 1. The Morgan fingerprint density at radius 3 is 1.82 bits per heavy atom. The van der Waals surface area contributed by atoms with Gasteiger partial charge in [-0.2, -0.15) is 0 Å². The number of nitrogens with two attached hydrogens (primary N) is 1. The van der Waals surface area contributed by atoms with Crippen molar-refractivity contribution in [1.29, 1.82) is 0 Å². The molecule has 0 heterocycles. The van der Waals surface area contributed by atoms with Crippen molar-refractivity contribution in [3.63, 3.8) is 0 Å². The van der Waals surface area contributed by atoms with Crippen molar-refractivity contribution >= 4 is 37.5 Å². The van der Waals surface area contributed by atoms with Crippen molar-refractivity contribution in [3.8, 4) is 0 Å². The molecule has 0 rings (SSSR count). The zero-order valence-electron chi connectivity index (χ0n) is 41.7. The molecule has 0 fully saturated rings. The molecular formula is C53H86N2O11PS+. The van der Waals surface area contributed by atoms with Crippen LogP contribution in [-0.2, 0) is 37.5 Å². The van der Waals surface area contributed by atoms with Crippen molar-refractivity contribution in [2.24, 2.45) is 5.73 Å². The van der Waals surface area contributed by atoms with Crippen LogP contribution in [0.1, 0.15) is 117 Å². The summed E-state index contributed by atoms with van der Waals surface area (Å²) >= 11 is 1.19. The van der Waals surface area contributed by atoms with E-state index in [9.17, 15) is 28.9 Å². The first-order valence-corrected chi connectivity index (χ1v) is 26.7. The third kappa shape index (κ3) is 43.4. The normalized spacial score (nSPS) is 15.8. The minimum absolute atomic E-state index is 0.00399. The Morgan fingerprint density at radius 1 is 0.691 bits per heavy atom. The van der Waals surface area contributed by atoms with Crippen molar-refractivity contribution in [3.05, 3.63) is 122 Å². The van der Waals surface area contributed by atoms with Gasteiger partial charge in [0.25, 0.3) is 0 Å². The first-order valence-electron chi connectivity index (χ1n) is 24.2. The van der Waals surface area contributed by atoms with Gasteiger partial charge in [0.1, 0.15) is 25.8 Å². The molecule has 0 saturated carbocycles. The van der Waals surface area contributed by atoms with Gasteiger partial charge in [-0.25, -0.2) is 4.57 Å². The fourth-order valence-electron chi connectivity index (χ4n) is 5.58. The highest BCUT2D eigenvalue weighted by molar-refractivity contribution is 8.00. The SMILES string of the molecule is CC/C=C\C/C=C\C/C=C\C/C=C\C/C=C\C/C=C\CCC(=O)OC[C@H](COP(=O)(O)OCC[N+](C)(C)C)OC(=O)[C@@H](N)CS[C@H](/C=C/C=C/C=C\C/C=C\CCCCC)[C@@H](O)CCCC(=O)O. The minimum atomic E-state index is -4.56. The van der Waals surface area contributed by atoms with E-state index < -0.39 is 62.4 Å². The highest BCUT2D eigenvalue weighted by Gasteiger charge is 2.29.